The van der Waals surface area contributed by atoms with Crippen LogP contribution in [0, 0.1) is 0 Å². The van der Waals surface area contributed by atoms with Gasteiger partial charge in [0.2, 0.25) is 0 Å². The van der Waals surface area contributed by atoms with Crippen LogP contribution in [0.3, 0.4) is 0 Å². The Morgan fingerprint density at radius 1 is 1.42 bits per heavy atom. The number of hydrogen-bond donors (Lipinski definition) is 2. The lowest BCUT2D eigenvalue weighted by Gasteiger charge is -2.25. The van der Waals surface area contributed by atoms with Gasteiger partial charge in [0.05, 0.1) is 18.1 Å². The van der Waals surface area contributed by atoms with Gasteiger partial charge in [0.15, 0.2) is 10.2 Å². The van der Waals surface area contributed by atoms with Crippen molar-refractivity contribution in [3.63, 3.8) is 0 Å². The second kappa shape index (κ2) is 5.24. The van der Waals surface area contributed by atoms with E-state index in [9.17, 15) is 4.79 Å². The number of ether oxygens (including phenoxy) is 1. The van der Waals surface area contributed by atoms with Gasteiger partial charge in [-0.3, -0.25) is 10.1 Å². The number of nitrogens with zero attached hydrogens (tertiary/aromatic N) is 2. The van der Waals surface area contributed by atoms with Crippen LogP contribution in [0.1, 0.15) is 4.88 Å². The fraction of sp³-hybridized carbons (Fsp3) is 0.364. The molecule has 0 saturated carbocycles. The first-order valence-electron chi connectivity index (χ1n) is 5.85. The predicted molar refractivity (Wildman–Crippen MR) is 77.0 cm³/mol. The Hall–Kier alpha value is -1.51. The lowest BCUT2D eigenvalue weighted by atomic mass is 10.3. The summed E-state index contributed by atoms with van der Waals surface area (Å²) in [6.07, 6.45) is 3.52. The van der Waals surface area contributed by atoms with E-state index in [2.05, 4.69) is 20.5 Å². The zero-order chi connectivity index (χ0) is 13.2. The molecule has 0 spiro atoms. The lowest BCUT2D eigenvalue weighted by molar-refractivity contribution is -0.115. The van der Waals surface area contributed by atoms with E-state index >= 15 is 0 Å². The first-order chi connectivity index (χ1) is 9.22. The Balaban J connectivity index is 1.76. The van der Waals surface area contributed by atoms with E-state index < -0.39 is 0 Å². The Morgan fingerprint density at radius 3 is 2.89 bits per heavy atom. The highest BCUT2D eigenvalue weighted by Gasteiger charge is 2.21. The van der Waals surface area contributed by atoms with E-state index in [1.165, 1.54) is 0 Å². The third-order valence-corrected chi connectivity index (χ3v) is 4.01. The number of hydrogen-bond acceptors (Lipinski definition) is 6. The largest absolute Gasteiger partial charge is 0.378 e. The monoisotopic (exact) mass is 296 g/mol. The van der Waals surface area contributed by atoms with Crippen molar-refractivity contribution in [2.45, 2.75) is 0 Å². The van der Waals surface area contributed by atoms with Crippen LogP contribution in [-0.4, -0.2) is 42.3 Å². The molecule has 3 heterocycles. The number of rotatable bonds is 2. The number of aromatic nitrogens is 1. The van der Waals surface area contributed by atoms with Gasteiger partial charge in [0.25, 0.3) is 5.91 Å². The smallest absolute Gasteiger partial charge is 0.273 e. The molecule has 2 N–H and O–H groups in total. The van der Waals surface area contributed by atoms with Gasteiger partial charge < -0.3 is 15.0 Å². The SMILES string of the molecule is O=C1NC(=S)N/C1=C/c1cnc(N2CCOCC2)s1. The highest BCUT2D eigenvalue weighted by atomic mass is 32.1. The summed E-state index contributed by atoms with van der Waals surface area (Å²) in [4.78, 5) is 19.0. The molecule has 2 aliphatic heterocycles. The standard InChI is InChI=1S/C11H12N4O2S2/c16-9-8(13-10(18)14-9)5-7-6-12-11(19-7)15-1-3-17-4-2-15/h5-6H,1-4H2,(H2,13,14,16,18)/b8-5+. The highest BCUT2D eigenvalue weighted by Crippen LogP contribution is 2.25. The number of thiazole rings is 1. The van der Waals surface area contributed by atoms with Gasteiger partial charge in [0.1, 0.15) is 5.70 Å². The maximum absolute atomic E-state index is 11.5. The summed E-state index contributed by atoms with van der Waals surface area (Å²) in [5.74, 6) is -0.202. The zero-order valence-corrected chi connectivity index (χ0v) is 11.6. The number of carbonyl (C=O) groups excluding carboxylic acids is 1. The quantitative estimate of drug-likeness (QED) is 0.605. The number of nitrogens with one attached hydrogen (secondary N) is 2. The molecule has 2 aliphatic rings. The minimum atomic E-state index is -0.202. The first-order valence-corrected chi connectivity index (χ1v) is 7.07. The van der Waals surface area contributed by atoms with Crippen molar-refractivity contribution in [2.75, 3.05) is 31.2 Å². The van der Waals surface area contributed by atoms with Crippen molar-refractivity contribution in [3.05, 3.63) is 16.8 Å². The van der Waals surface area contributed by atoms with Gasteiger partial charge in [-0.1, -0.05) is 11.3 Å². The average Bonchev–Trinajstić information content (AvgIpc) is 2.99. The second-order valence-electron chi connectivity index (χ2n) is 4.11. The lowest BCUT2D eigenvalue weighted by Crippen LogP contribution is -2.36. The average molecular weight is 296 g/mol. The molecule has 1 amide bonds. The molecule has 0 bridgehead atoms. The Kier molecular flexibility index (Phi) is 3.45. The molecule has 2 fully saturated rings. The third kappa shape index (κ3) is 2.75. The van der Waals surface area contributed by atoms with E-state index in [0.29, 0.717) is 10.8 Å². The van der Waals surface area contributed by atoms with Gasteiger partial charge in [-0.2, -0.15) is 0 Å². The molecular weight excluding hydrogens is 284 g/mol. The van der Waals surface area contributed by atoms with Crippen LogP contribution >= 0.6 is 23.6 Å². The predicted octanol–water partition coefficient (Wildman–Crippen LogP) is 0.325. The summed E-state index contributed by atoms with van der Waals surface area (Å²) in [5, 5.41) is 6.64. The van der Waals surface area contributed by atoms with E-state index in [1.807, 2.05) is 0 Å². The molecule has 0 unspecified atom stereocenters. The van der Waals surface area contributed by atoms with Crippen molar-refractivity contribution < 1.29 is 9.53 Å². The molecule has 2 saturated heterocycles. The molecule has 0 aliphatic carbocycles. The van der Waals surface area contributed by atoms with Crippen LogP contribution in [0.2, 0.25) is 0 Å². The maximum atomic E-state index is 11.5. The molecule has 3 rings (SSSR count). The summed E-state index contributed by atoms with van der Waals surface area (Å²) in [7, 11) is 0. The van der Waals surface area contributed by atoms with E-state index in [0.717, 1.165) is 36.3 Å². The number of morpholine rings is 1. The molecule has 100 valence electrons. The van der Waals surface area contributed by atoms with E-state index in [1.54, 1.807) is 23.6 Å². The van der Waals surface area contributed by atoms with Crippen LogP contribution in [0.5, 0.6) is 0 Å². The molecule has 6 nitrogen and oxygen atoms in total. The Morgan fingerprint density at radius 2 is 2.21 bits per heavy atom. The molecule has 0 atom stereocenters. The van der Waals surface area contributed by atoms with Gasteiger partial charge in [-0.05, 0) is 18.3 Å². The normalized spacial score (nSPS) is 21.7. The Bertz CT molecular complexity index is 549. The van der Waals surface area contributed by atoms with Gasteiger partial charge >= 0.3 is 0 Å². The van der Waals surface area contributed by atoms with Crippen molar-refractivity contribution in [3.8, 4) is 0 Å². The van der Waals surface area contributed by atoms with Gasteiger partial charge in [-0.15, -0.1) is 0 Å². The molecule has 19 heavy (non-hydrogen) atoms. The van der Waals surface area contributed by atoms with Crippen molar-refractivity contribution in [1.29, 1.82) is 0 Å². The molecule has 0 aromatic carbocycles. The highest BCUT2D eigenvalue weighted by molar-refractivity contribution is 7.80. The van der Waals surface area contributed by atoms with Gasteiger partial charge in [-0.25, -0.2) is 4.98 Å². The van der Waals surface area contributed by atoms with Crippen LogP contribution in [0.25, 0.3) is 6.08 Å². The number of anilines is 1. The minimum Gasteiger partial charge on any atom is -0.378 e. The van der Waals surface area contributed by atoms with E-state index in [4.69, 9.17) is 17.0 Å². The van der Waals surface area contributed by atoms with Crippen LogP contribution in [0.4, 0.5) is 5.13 Å². The zero-order valence-electron chi connectivity index (χ0n) is 10.0. The second-order valence-corrected chi connectivity index (χ2v) is 5.56. The van der Waals surface area contributed by atoms with Crippen molar-refractivity contribution in [1.82, 2.24) is 15.6 Å². The summed E-state index contributed by atoms with van der Waals surface area (Å²) < 4.78 is 5.31. The summed E-state index contributed by atoms with van der Waals surface area (Å²) in [6, 6.07) is 0. The number of thiocarbonyl (C=S) groups is 1. The van der Waals surface area contributed by atoms with Crippen molar-refractivity contribution in [2.24, 2.45) is 0 Å². The number of amides is 1. The topological polar surface area (TPSA) is 66.5 Å². The van der Waals surface area contributed by atoms with Crippen LogP contribution in [0.15, 0.2) is 11.9 Å². The summed E-state index contributed by atoms with van der Waals surface area (Å²) >= 11 is 6.43. The summed E-state index contributed by atoms with van der Waals surface area (Å²) in [6.45, 7) is 3.17. The molecule has 1 aromatic heterocycles. The maximum Gasteiger partial charge on any atom is 0.273 e. The molecule has 0 radical (unpaired) electrons. The van der Waals surface area contributed by atoms with Gasteiger partial charge in [0, 0.05) is 19.3 Å². The number of carbonyl (C=O) groups is 1. The fourth-order valence-electron chi connectivity index (χ4n) is 1.87. The van der Waals surface area contributed by atoms with Crippen molar-refractivity contribution >= 4 is 45.8 Å². The van der Waals surface area contributed by atoms with Crippen LogP contribution < -0.4 is 15.5 Å². The minimum absolute atomic E-state index is 0.202. The molecule has 1 aromatic rings. The van der Waals surface area contributed by atoms with Crippen LogP contribution in [-0.2, 0) is 9.53 Å². The molecule has 8 heteroatoms. The third-order valence-electron chi connectivity index (χ3n) is 2.80. The molecular formula is C11H12N4O2S2. The Labute approximate surface area is 119 Å². The first kappa shape index (κ1) is 12.5. The fourth-order valence-corrected chi connectivity index (χ4v) is 2.98. The van der Waals surface area contributed by atoms with E-state index in [-0.39, 0.29) is 5.91 Å². The summed E-state index contributed by atoms with van der Waals surface area (Å²) in [5.41, 5.74) is 0.460.